The molecule has 3 heterocycles. The van der Waals surface area contributed by atoms with Crippen molar-refractivity contribution in [3.05, 3.63) is 35.2 Å². The molecule has 5 rings (SSSR count). The molecule has 2 aromatic rings. The van der Waals surface area contributed by atoms with Crippen molar-refractivity contribution in [1.29, 1.82) is 0 Å². The summed E-state index contributed by atoms with van der Waals surface area (Å²) in [5, 5.41) is 6.76. The zero-order chi connectivity index (χ0) is 20.7. The number of hydrogen-bond acceptors (Lipinski definition) is 6. The summed E-state index contributed by atoms with van der Waals surface area (Å²) in [7, 11) is -0.214. The van der Waals surface area contributed by atoms with Crippen molar-refractivity contribution in [2.45, 2.75) is 29.3 Å². The van der Waals surface area contributed by atoms with E-state index >= 15 is 0 Å². The first-order valence-corrected chi connectivity index (χ1v) is 11.2. The molecule has 1 aliphatic carbocycles. The van der Waals surface area contributed by atoms with Gasteiger partial charge in [0.05, 0.1) is 16.8 Å². The molecule has 1 aromatic carbocycles. The Balaban J connectivity index is 1.77. The van der Waals surface area contributed by atoms with Gasteiger partial charge in [0.2, 0.25) is 0 Å². The molecule has 2 aliphatic heterocycles. The van der Waals surface area contributed by atoms with Gasteiger partial charge in [-0.05, 0) is 12.1 Å². The molecule has 10 heteroatoms. The van der Waals surface area contributed by atoms with Crippen LogP contribution in [0.3, 0.4) is 0 Å². The monoisotopic (exact) mass is 416 g/mol. The average Bonchev–Trinajstić information content (AvgIpc) is 3.26. The van der Waals surface area contributed by atoms with Crippen LogP contribution >= 0.6 is 0 Å². The van der Waals surface area contributed by atoms with Gasteiger partial charge in [-0.15, -0.1) is 0 Å². The molecule has 0 radical (unpaired) electrons. The van der Waals surface area contributed by atoms with Gasteiger partial charge >= 0.3 is 0 Å². The highest BCUT2D eigenvalue weighted by atomic mass is 32.2. The number of amides is 2. The maximum absolute atomic E-state index is 12.8. The van der Waals surface area contributed by atoms with Crippen molar-refractivity contribution in [3.8, 4) is 5.75 Å². The Hall–Kier alpha value is -2.88. The summed E-state index contributed by atoms with van der Waals surface area (Å²) in [6.45, 7) is 0.346. The fraction of sp³-hybridized carbons (Fsp3) is 0.421. The fourth-order valence-corrected chi connectivity index (χ4v) is 4.84. The standard InChI is InChI=1S/C19H20N4O5S/c1-22-9-13(12-8-20-21-15(12)17(22)24)11-6-10(29(3,26)27)7-14-16(11)28-19(4-5-19)18(25)23(14)2/h6-8,13H,4-5,9H2,1-3H3,(H,20,21). The van der Waals surface area contributed by atoms with Crippen molar-refractivity contribution < 1.29 is 22.7 Å². The minimum absolute atomic E-state index is 0.103. The molecule has 29 heavy (non-hydrogen) atoms. The zero-order valence-corrected chi connectivity index (χ0v) is 17.0. The van der Waals surface area contributed by atoms with Gasteiger partial charge in [-0.3, -0.25) is 14.7 Å². The molecular formula is C19H20N4O5S. The van der Waals surface area contributed by atoms with Gasteiger partial charge in [-0.2, -0.15) is 5.10 Å². The molecule has 1 N–H and O–H groups in total. The van der Waals surface area contributed by atoms with E-state index < -0.39 is 15.4 Å². The van der Waals surface area contributed by atoms with Crippen LogP contribution in [0.4, 0.5) is 5.69 Å². The van der Waals surface area contributed by atoms with Crippen LogP contribution < -0.4 is 9.64 Å². The topological polar surface area (TPSA) is 113 Å². The summed E-state index contributed by atoms with van der Waals surface area (Å²) < 4.78 is 30.9. The minimum Gasteiger partial charge on any atom is -0.475 e. The number of ether oxygens (including phenoxy) is 1. The SMILES string of the molecule is CN1CC(c2cc(S(C)(=O)=O)cc3c2OC2(CC2)C(=O)N3C)c2cn[nH]c2C1=O. The van der Waals surface area contributed by atoms with Crippen molar-refractivity contribution >= 4 is 27.3 Å². The fourth-order valence-electron chi connectivity index (χ4n) is 4.17. The van der Waals surface area contributed by atoms with Crippen LogP contribution in [0, 0.1) is 0 Å². The molecule has 152 valence electrons. The summed E-state index contributed by atoms with van der Waals surface area (Å²) in [5.41, 5.74) is 1.27. The van der Waals surface area contributed by atoms with Crippen LogP contribution in [-0.4, -0.2) is 67.8 Å². The van der Waals surface area contributed by atoms with E-state index in [1.807, 2.05) is 0 Å². The maximum Gasteiger partial charge on any atom is 0.271 e. The van der Waals surface area contributed by atoms with E-state index in [1.165, 1.54) is 11.0 Å². The third-order valence-electron chi connectivity index (χ3n) is 5.99. The van der Waals surface area contributed by atoms with Gasteiger partial charge < -0.3 is 14.5 Å². The Morgan fingerprint density at radius 3 is 2.59 bits per heavy atom. The van der Waals surface area contributed by atoms with E-state index in [0.29, 0.717) is 47.6 Å². The van der Waals surface area contributed by atoms with Crippen LogP contribution in [0.25, 0.3) is 0 Å². The number of likely N-dealkylation sites (N-methyl/N-ethyl adjacent to an activating group) is 2. The molecule has 1 unspecified atom stereocenters. The number of anilines is 1. The zero-order valence-electron chi connectivity index (χ0n) is 16.2. The van der Waals surface area contributed by atoms with E-state index in [9.17, 15) is 18.0 Å². The Morgan fingerprint density at radius 2 is 1.93 bits per heavy atom. The average molecular weight is 416 g/mol. The molecular weight excluding hydrogens is 396 g/mol. The highest BCUT2D eigenvalue weighted by molar-refractivity contribution is 7.90. The number of nitrogens with one attached hydrogen (secondary N) is 1. The van der Waals surface area contributed by atoms with E-state index in [-0.39, 0.29) is 22.6 Å². The number of H-pyrrole nitrogens is 1. The van der Waals surface area contributed by atoms with Gasteiger partial charge in [0, 0.05) is 56.8 Å². The smallest absolute Gasteiger partial charge is 0.271 e. The van der Waals surface area contributed by atoms with Crippen molar-refractivity contribution in [3.63, 3.8) is 0 Å². The highest BCUT2D eigenvalue weighted by Crippen LogP contribution is 2.53. The third-order valence-corrected chi connectivity index (χ3v) is 7.09. The van der Waals surface area contributed by atoms with Gasteiger partial charge in [0.1, 0.15) is 11.4 Å². The van der Waals surface area contributed by atoms with E-state index in [4.69, 9.17) is 4.74 Å². The van der Waals surface area contributed by atoms with Crippen molar-refractivity contribution in [1.82, 2.24) is 15.1 Å². The van der Waals surface area contributed by atoms with Crippen LogP contribution in [0.2, 0.25) is 0 Å². The lowest BCUT2D eigenvalue weighted by Gasteiger charge is -2.37. The molecule has 0 bridgehead atoms. The van der Waals surface area contributed by atoms with Gasteiger partial charge in [0.25, 0.3) is 11.8 Å². The molecule has 2 amide bonds. The first-order chi connectivity index (χ1) is 13.6. The van der Waals surface area contributed by atoms with Gasteiger partial charge in [0.15, 0.2) is 15.4 Å². The summed E-state index contributed by atoms with van der Waals surface area (Å²) in [6.07, 6.45) is 3.98. The third kappa shape index (κ3) is 2.51. The van der Waals surface area contributed by atoms with Crippen LogP contribution in [0.1, 0.15) is 40.4 Å². The van der Waals surface area contributed by atoms with Gasteiger partial charge in [-0.25, -0.2) is 8.42 Å². The predicted octanol–water partition coefficient (Wildman–Crippen LogP) is 0.919. The number of aromatic amines is 1. The number of fused-ring (bicyclic) bond motifs is 2. The summed E-state index contributed by atoms with van der Waals surface area (Å²) in [6, 6.07) is 3.08. The Morgan fingerprint density at radius 1 is 1.21 bits per heavy atom. The number of carbonyl (C=O) groups is 2. The Bertz CT molecular complexity index is 1180. The number of hydrogen-bond donors (Lipinski definition) is 1. The normalized spacial score (nSPS) is 22.4. The quantitative estimate of drug-likeness (QED) is 0.779. The second kappa shape index (κ2) is 5.59. The maximum atomic E-state index is 12.8. The molecule has 0 saturated heterocycles. The predicted molar refractivity (Wildman–Crippen MR) is 103 cm³/mol. The lowest BCUT2D eigenvalue weighted by Crippen LogP contribution is -2.46. The van der Waals surface area contributed by atoms with Crippen LogP contribution in [-0.2, 0) is 14.6 Å². The van der Waals surface area contributed by atoms with Gasteiger partial charge in [-0.1, -0.05) is 0 Å². The number of rotatable bonds is 2. The number of benzene rings is 1. The molecule has 1 aromatic heterocycles. The second-order valence-electron chi connectivity index (χ2n) is 8.03. The van der Waals surface area contributed by atoms with E-state index in [0.717, 1.165) is 6.26 Å². The number of aromatic nitrogens is 2. The summed E-state index contributed by atoms with van der Waals surface area (Å²) in [5.74, 6) is -0.175. The Kier molecular flexibility index (Phi) is 3.50. The largest absolute Gasteiger partial charge is 0.475 e. The number of nitrogens with zero attached hydrogens (tertiary/aromatic N) is 3. The van der Waals surface area contributed by atoms with Crippen LogP contribution in [0.5, 0.6) is 5.75 Å². The van der Waals surface area contributed by atoms with Crippen molar-refractivity contribution in [2.75, 3.05) is 31.8 Å². The molecule has 1 fully saturated rings. The molecule has 1 spiro atoms. The number of sulfone groups is 1. The van der Waals surface area contributed by atoms with E-state index in [2.05, 4.69) is 10.2 Å². The second-order valence-corrected chi connectivity index (χ2v) is 10.0. The van der Waals surface area contributed by atoms with Crippen molar-refractivity contribution in [2.24, 2.45) is 0 Å². The lowest BCUT2D eigenvalue weighted by atomic mass is 9.86. The minimum atomic E-state index is -3.54. The molecule has 3 aliphatic rings. The molecule has 1 atom stereocenters. The Labute approximate surface area is 167 Å². The molecule has 1 saturated carbocycles. The van der Waals surface area contributed by atoms with Crippen LogP contribution in [0.15, 0.2) is 23.2 Å². The first kappa shape index (κ1) is 18.2. The summed E-state index contributed by atoms with van der Waals surface area (Å²) in [4.78, 5) is 28.4. The lowest BCUT2D eigenvalue weighted by molar-refractivity contribution is -0.127. The van der Waals surface area contributed by atoms with E-state index in [1.54, 1.807) is 31.3 Å². The summed E-state index contributed by atoms with van der Waals surface area (Å²) >= 11 is 0. The highest BCUT2D eigenvalue weighted by Gasteiger charge is 2.58. The first-order valence-electron chi connectivity index (χ1n) is 9.26. The molecule has 9 nitrogen and oxygen atoms in total. The number of carbonyl (C=O) groups excluding carboxylic acids is 2.